The molecule has 0 spiro atoms. The summed E-state index contributed by atoms with van der Waals surface area (Å²) in [7, 11) is 0. The largest absolute Gasteiger partial charge is 0.366 e. The lowest BCUT2D eigenvalue weighted by Gasteiger charge is -1.93. The van der Waals surface area contributed by atoms with Crippen LogP contribution >= 0.6 is 0 Å². The predicted molar refractivity (Wildman–Crippen MR) is 72.1 cm³/mol. The van der Waals surface area contributed by atoms with Crippen LogP contribution in [0.15, 0.2) is 72.9 Å². The van der Waals surface area contributed by atoms with E-state index in [1.165, 1.54) is 6.08 Å². The Hall–Kier alpha value is -2.35. The molecule has 0 fully saturated rings. The molecule has 1 aromatic carbocycles. The Morgan fingerprint density at radius 3 is 2.41 bits per heavy atom. The van der Waals surface area contributed by atoms with Gasteiger partial charge in [-0.1, -0.05) is 61.2 Å². The number of rotatable bonds is 5. The number of carbonyl (C=O) groups is 1. The lowest BCUT2D eigenvalue weighted by atomic mass is 10.1. The molecule has 86 valence electrons. The molecule has 1 rings (SSSR count). The van der Waals surface area contributed by atoms with Gasteiger partial charge in [0.15, 0.2) is 0 Å². The standard InChI is InChI=1S/C15H15NO/c1-2-6-13(11-12-15(16)17)9-10-14-7-4-3-5-8-14/h2-12H,1H2,(H2,16,17). The fraction of sp³-hybridized carbons (Fsp3) is 0. The van der Waals surface area contributed by atoms with E-state index in [2.05, 4.69) is 6.58 Å². The third-order valence-electron chi connectivity index (χ3n) is 2.02. The molecule has 1 aromatic rings. The van der Waals surface area contributed by atoms with E-state index < -0.39 is 5.91 Å². The molecule has 0 radical (unpaired) electrons. The average Bonchev–Trinajstić information content (AvgIpc) is 2.34. The van der Waals surface area contributed by atoms with Crippen molar-refractivity contribution in [2.45, 2.75) is 0 Å². The number of carbonyl (C=O) groups excluding carboxylic acids is 1. The van der Waals surface area contributed by atoms with Crippen molar-refractivity contribution in [2.75, 3.05) is 0 Å². The fourth-order valence-corrected chi connectivity index (χ4v) is 1.24. The van der Waals surface area contributed by atoms with Crippen LogP contribution in [0, 0.1) is 0 Å². The zero-order valence-corrected chi connectivity index (χ0v) is 9.54. The maximum Gasteiger partial charge on any atom is 0.241 e. The van der Waals surface area contributed by atoms with Gasteiger partial charge < -0.3 is 5.73 Å². The highest BCUT2D eigenvalue weighted by atomic mass is 16.1. The van der Waals surface area contributed by atoms with Crippen LogP contribution in [0.5, 0.6) is 0 Å². The Labute approximate surface area is 101 Å². The number of allylic oxidation sites excluding steroid dienone is 5. The van der Waals surface area contributed by atoms with E-state index >= 15 is 0 Å². The van der Waals surface area contributed by atoms with Gasteiger partial charge in [-0.15, -0.1) is 0 Å². The third-order valence-corrected chi connectivity index (χ3v) is 2.02. The Morgan fingerprint density at radius 2 is 1.82 bits per heavy atom. The summed E-state index contributed by atoms with van der Waals surface area (Å²) in [6.45, 7) is 3.62. The number of amides is 1. The van der Waals surface area contributed by atoms with Gasteiger partial charge in [-0.3, -0.25) is 4.79 Å². The average molecular weight is 225 g/mol. The molecule has 2 N–H and O–H groups in total. The van der Waals surface area contributed by atoms with Crippen molar-refractivity contribution in [3.05, 3.63) is 78.4 Å². The number of nitrogens with two attached hydrogens (primary N) is 1. The van der Waals surface area contributed by atoms with Crippen molar-refractivity contribution in [3.8, 4) is 0 Å². The molecule has 0 saturated carbocycles. The number of primary amides is 1. The molecule has 0 atom stereocenters. The molecule has 0 aliphatic rings. The van der Waals surface area contributed by atoms with Crippen LogP contribution in [0.25, 0.3) is 6.08 Å². The summed E-state index contributed by atoms with van der Waals surface area (Å²) in [6, 6.07) is 9.90. The van der Waals surface area contributed by atoms with E-state index in [4.69, 9.17) is 5.73 Å². The van der Waals surface area contributed by atoms with Gasteiger partial charge in [-0.2, -0.15) is 0 Å². The van der Waals surface area contributed by atoms with Crippen molar-refractivity contribution in [3.63, 3.8) is 0 Å². The molecule has 2 heteroatoms. The van der Waals surface area contributed by atoms with Gasteiger partial charge in [-0.05, 0) is 17.2 Å². The summed E-state index contributed by atoms with van der Waals surface area (Å²) in [5.41, 5.74) is 7.00. The lowest BCUT2D eigenvalue weighted by Crippen LogP contribution is -2.05. The Kier molecular flexibility index (Phi) is 5.25. The van der Waals surface area contributed by atoms with Crippen molar-refractivity contribution in [1.82, 2.24) is 0 Å². The first kappa shape index (κ1) is 12.7. The molecule has 1 amide bonds. The highest BCUT2D eigenvalue weighted by Crippen LogP contribution is 2.06. The van der Waals surface area contributed by atoms with Gasteiger partial charge in [0.25, 0.3) is 0 Å². The van der Waals surface area contributed by atoms with E-state index in [0.717, 1.165) is 11.1 Å². The van der Waals surface area contributed by atoms with Gasteiger partial charge in [0.05, 0.1) is 0 Å². The Morgan fingerprint density at radius 1 is 1.12 bits per heavy atom. The van der Waals surface area contributed by atoms with Crippen molar-refractivity contribution in [2.24, 2.45) is 5.73 Å². The predicted octanol–water partition coefficient (Wildman–Crippen LogP) is 2.85. The third kappa shape index (κ3) is 5.33. The van der Waals surface area contributed by atoms with Crippen molar-refractivity contribution >= 4 is 12.0 Å². The number of hydrogen-bond donors (Lipinski definition) is 1. The monoisotopic (exact) mass is 225 g/mol. The SMILES string of the molecule is C=CC=C(C=CC(N)=O)C=Cc1ccccc1. The summed E-state index contributed by atoms with van der Waals surface area (Å²) >= 11 is 0. The molecule has 0 aliphatic carbocycles. The van der Waals surface area contributed by atoms with E-state index in [1.54, 1.807) is 18.2 Å². The first-order valence-corrected chi connectivity index (χ1v) is 5.26. The van der Waals surface area contributed by atoms with Crippen molar-refractivity contribution < 1.29 is 4.79 Å². The Balaban J connectivity index is 2.81. The topological polar surface area (TPSA) is 43.1 Å². The molecule has 2 nitrogen and oxygen atoms in total. The summed E-state index contributed by atoms with van der Waals surface area (Å²) in [5.74, 6) is -0.465. The van der Waals surface area contributed by atoms with Crippen LogP contribution < -0.4 is 5.73 Å². The first-order chi connectivity index (χ1) is 8.22. The minimum Gasteiger partial charge on any atom is -0.366 e. The van der Waals surface area contributed by atoms with Gasteiger partial charge in [-0.25, -0.2) is 0 Å². The minimum atomic E-state index is -0.465. The number of benzene rings is 1. The molecule has 0 aromatic heterocycles. The van der Waals surface area contributed by atoms with Gasteiger partial charge in [0.1, 0.15) is 0 Å². The van der Waals surface area contributed by atoms with Crippen LogP contribution in [0.4, 0.5) is 0 Å². The van der Waals surface area contributed by atoms with E-state index in [9.17, 15) is 4.79 Å². The molecule has 17 heavy (non-hydrogen) atoms. The maximum atomic E-state index is 10.6. The first-order valence-electron chi connectivity index (χ1n) is 5.26. The van der Waals surface area contributed by atoms with Crippen LogP contribution in [0.3, 0.4) is 0 Å². The van der Waals surface area contributed by atoms with Gasteiger partial charge in [0.2, 0.25) is 5.91 Å². The maximum absolute atomic E-state index is 10.6. The second-order valence-corrected chi connectivity index (χ2v) is 3.38. The summed E-state index contributed by atoms with van der Waals surface area (Å²) in [4.78, 5) is 10.6. The van der Waals surface area contributed by atoms with Crippen LogP contribution in [-0.2, 0) is 4.79 Å². The summed E-state index contributed by atoms with van der Waals surface area (Å²) in [6.07, 6.45) is 10.3. The second kappa shape index (κ2) is 7.01. The van der Waals surface area contributed by atoms with Crippen LogP contribution in [0.1, 0.15) is 5.56 Å². The highest BCUT2D eigenvalue weighted by molar-refractivity contribution is 5.86. The smallest absolute Gasteiger partial charge is 0.241 e. The molecular formula is C15H15NO. The summed E-state index contributed by atoms with van der Waals surface area (Å²) in [5, 5.41) is 0. The molecule has 0 unspecified atom stereocenters. The van der Waals surface area contributed by atoms with E-state index in [0.29, 0.717) is 0 Å². The lowest BCUT2D eigenvalue weighted by molar-refractivity contribution is -0.113. The number of hydrogen-bond acceptors (Lipinski definition) is 1. The zero-order valence-electron chi connectivity index (χ0n) is 9.54. The van der Waals surface area contributed by atoms with E-state index in [-0.39, 0.29) is 0 Å². The molecule has 0 bridgehead atoms. The zero-order chi connectivity index (χ0) is 12.5. The van der Waals surface area contributed by atoms with Gasteiger partial charge in [0, 0.05) is 6.08 Å². The molecule has 0 heterocycles. The molecule has 0 saturated heterocycles. The van der Waals surface area contributed by atoms with Crippen molar-refractivity contribution in [1.29, 1.82) is 0 Å². The molecule has 0 aliphatic heterocycles. The quantitative estimate of drug-likeness (QED) is 0.607. The van der Waals surface area contributed by atoms with Crippen LogP contribution in [0.2, 0.25) is 0 Å². The van der Waals surface area contributed by atoms with Gasteiger partial charge >= 0.3 is 0 Å². The highest BCUT2D eigenvalue weighted by Gasteiger charge is 1.88. The normalized spacial score (nSPS) is 12.1. The fourth-order valence-electron chi connectivity index (χ4n) is 1.24. The van der Waals surface area contributed by atoms with Crippen LogP contribution in [-0.4, -0.2) is 5.91 Å². The summed E-state index contributed by atoms with van der Waals surface area (Å²) < 4.78 is 0. The molecular weight excluding hydrogens is 210 g/mol. The second-order valence-electron chi connectivity index (χ2n) is 3.38. The Bertz CT molecular complexity index is 467. The minimum absolute atomic E-state index is 0.465. The van der Waals surface area contributed by atoms with E-state index in [1.807, 2.05) is 42.5 Å².